The van der Waals surface area contributed by atoms with Crippen LogP contribution < -0.4 is 0 Å². The van der Waals surface area contributed by atoms with Crippen molar-refractivity contribution < 1.29 is 80.9 Å². The third-order valence-corrected chi connectivity index (χ3v) is 6.08. The number of azide groups is 1. The molecule has 0 radical (unpaired) electrons. The van der Waals surface area contributed by atoms with Gasteiger partial charge in [0.1, 0.15) is 37.6 Å². The quantitative estimate of drug-likeness (QED) is 0.0678. The normalized spacial score (nSPS) is 28.6. The van der Waals surface area contributed by atoms with Crippen molar-refractivity contribution in [2.75, 3.05) is 13.2 Å². The number of ether oxygens (including phenoxy) is 10. The molecule has 2 aliphatic rings. The first-order chi connectivity index (χ1) is 22.5. The molecular formula is C26H36I3N3O17. The van der Waals surface area contributed by atoms with Gasteiger partial charge in [0, 0.05) is 90.6 Å². The lowest BCUT2D eigenvalue weighted by molar-refractivity contribution is -0.349. The van der Waals surface area contributed by atoms with E-state index in [4.69, 9.17) is 47.4 Å². The lowest BCUT2D eigenvalue weighted by Gasteiger charge is -2.48. The van der Waals surface area contributed by atoms with Gasteiger partial charge in [0.05, 0.1) is 0 Å². The number of nitrogens with zero attached hydrogens (tertiary/aromatic N) is 3. The van der Waals surface area contributed by atoms with Crippen LogP contribution in [0.4, 0.5) is 0 Å². The Hall–Kier alpha value is -2.33. The zero-order valence-electron chi connectivity index (χ0n) is 27.1. The third-order valence-electron chi connectivity index (χ3n) is 6.08. The maximum atomic E-state index is 12.3. The van der Waals surface area contributed by atoms with Gasteiger partial charge < -0.3 is 47.4 Å². The van der Waals surface area contributed by atoms with E-state index in [1.54, 1.807) is 0 Å². The van der Waals surface area contributed by atoms with Crippen LogP contribution in [-0.2, 0) is 80.9 Å². The van der Waals surface area contributed by atoms with Gasteiger partial charge in [-0.2, -0.15) is 0 Å². The molecule has 2 fully saturated rings. The molecular weight excluding hydrogens is 1010 g/mol. The first-order valence-electron chi connectivity index (χ1n) is 13.8. The van der Waals surface area contributed by atoms with Gasteiger partial charge in [-0.05, 0) is 5.53 Å². The Kier molecular flexibility index (Phi) is 22.1. The molecule has 20 nitrogen and oxygen atoms in total. The monoisotopic (exact) mass is 1040 g/mol. The first kappa shape index (κ1) is 46.7. The molecule has 0 saturated carbocycles. The van der Waals surface area contributed by atoms with Crippen LogP contribution in [-0.4, -0.2) is 116 Å². The van der Waals surface area contributed by atoms with E-state index in [1.807, 2.05) is 0 Å². The molecule has 0 N–H and O–H groups in total. The maximum absolute atomic E-state index is 12.3. The van der Waals surface area contributed by atoms with Gasteiger partial charge in [-0.15, -0.1) is 24.0 Å². The second-order valence-electron chi connectivity index (χ2n) is 9.89. The molecule has 0 aliphatic carbocycles. The Morgan fingerprint density at radius 2 is 0.959 bits per heavy atom. The van der Waals surface area contributed by atoms with E-state index < -0.39 is 116 Å². The Bertz CT molecular complexity index is 1240. The zero-order valence-corrected chi connectivity index (χ0v) is 33.8. The van der Waals surface area contributed by atoms with Crippen LogP contribution in [0.5, 0.6) is 0 Å². The van der Waals surface area contributed by atoms with Crippen molar-refractivity contribution in [3.63, 3.8) is 0 Å². The van der Waals surface area contributed by atoms with Crippen LogP contribution in [0.25, 0.3) is 10.4 Å². The molecule has 2 rings (SSSR count). The number of hydrogen-bond acceptors (Lipinski definition) is 18. The van der Waals surface area contributed by atoms with E-state index in [0.29, 0.717) is 0 Å². The average Bonchev–Trinajstić information content (AvgIpc) is 2.96. The first-order valence-corrected chi connectivity index (χ1v) is 20.1. The molecule has 0 aromatic heterocycles. The van der Waals surface area contributed by atoms with Gasteiger partial charge in [0.15, 0.2) is 24.6 Å². The highest BCUT2D eigenvalue weighted by Gasteiger charge is 2.57. The van der Waals surface area contributed by atoms with Gasteiger partial charge in [-0.1, -0.05) is 5.11 Å². The third kappa shape index (κ3) is 15.6. The Morgan fingerprint density at radius 1 is 0.571 bits per heavy atom. The predicted octanol–water partition coefficient (Wildman–Crippen LogP) is 2.31. The molecule has 2 saturated heterocycles. The molecule has 10 atom stereocenters. The molecule has 4 unspecified atom stereocenters. The number of carbonyl (C=O) groups is 7. The summed E-state index contributed by atoms with van der Waals surface area (Å²) in [4.78, 5) is 86.7. The van der Waals surface area contributed by atoms with Crippen LogP contribution in [0.1, 0.15) is 48.5 Å². The van der Waals surface area contributed by atoms with E-state index in [-0.39, 0.29) is 24.0 Å². The summed E-state index contributed by atoms with van der Waals surface area (Å²) in [5.41, 5.74) is 9.24. The summed E-state index contributed by atoms with van der Waals surface area (Å²) < 4.78 is 54.6. The minimum Gasteiger partial charge on any atom is -0.463 e. The summed E-state index contributed by atoms with van der Waals surface area (Å²) >= 11 is 4.24. The Morgan fingerprint density at radius 3 is 1.39 bits per heavy atom. The van der Waals surface area contributed by atoms with Gasteiger partial charge in [-0.3, -0.25) is 33.6 Å². The highest BCUT2D eigenvalue weighted by Crippen LogP contribution is 2.35. The number of halogens is 3. The fourth-order valence-electron chi connectivity index (χ4n) is 4.61. The second kappa shape index (κ2) is 23.2. The highest BCUT2D eigenvalue weighted by molar-refractivity contribution is 15.0. The fourth-order valence-corrected chi connectivity index (χ4v) is 4.61. The molecule has 0 aromatic carbocycles. The Labute approximate surface area is 320 Å². The van der Waals surface area contributed by atoms with Gasteiger partial charge >= 0.3 is 41.8 Å². The van der Waals surface area contributed by atoms with Crippen molar-refractivity contribution in [2.45, 2.75) is 110 Å². The van der Waals surface area contributed by atoms with Crippen molar-refractivity contribution in [3.05, 3.63) is 10.4 Å². The smallest absolute Gasteiger partial charge is 0.305 e. The molecule has 2 aliphatic heterocycles. The average molecular weight is 1040 g/mol. The standard InChI is InChI=1S/C26H35N3O17.I2.HI/c1-10(30)37-8-17-19(28-29-27)21(39-12(3)32)23(41-14(5)34)26(44-17)46-20-18(9-38-11(2)31)45-25(43-16(7)36)24(42-15(6)35)22(20)40-13(4)33;1-2;/h17-26H,8-9H2,1-7H3;;1H/t17?,18?,19-,20-,21+,22+,23?,24?,25-,26-;;/m1../s1. The molecule has 0 bridgehead atoms. The SMILES string of the molecule is CC(=O)OCC1O[C@H](O[C@@H]2C(COC(C)=O)O[C@@H](OC(C)=O)C(OC(C)=O)[C@H]2OC(C)=O)C(OC(C)=O)[C@@H](OC(C)=O)[C@@H]1N=[N+]=[N-].I.II. The zero-order chi connectivity index (χ0) is 36.7. The van der Waals surface area contributed by atoms with Crippen molar-refractivity contribution >= 4 is 103 Å². The molecule has 278 valence electrons. The van der Waals surface area contributed by atoms with Gasteiger partial charge in [0.2, 0.25) is 12.4 Å². The minimum atomic E-state index is -1.81. The fraction of sp³-hybridized carbons (Fsp3) is 0.731. The van der Waals surface area contributed by atoms with Crippen molar-refractivity contribution in [1.82, 2.24) is 0 Å². The number of hydrogen-bond donors (Lipinski definition) is 0. The van der Waals surface area contributed by atoms with Gasteiger partial charge in [-0.25, -0.2) is 0 Å². The molecule has 0 aromatic rings. The topological polar surface area (TPSA) is 261 Å². The van der Waals surface area contributed by atoms with Crippen LogP contribution in [0.3, 0.4) is 0 Å². The Balaban J connectivity index is 0.00000753. The molecule has 0 spiro atoms. The van der Waals surface area contributed by atoms with Crippen LogP contribution >= 0.6 is 61.2 Å². The predicted molar refractivity (Wildman–Crippen MR) is 186 cm³/mol. The van der Waals surface area contributed by atoms with Crippen molar-refractivity contribution in [1.29, 1.82) is 0 Å². The highest BCUT2D eigenvalue weighted by atomic mass is 128. The van der Waals surface area contributed by atoms with Crippen molar-refractivity contribution in [2.24, 2.45) is 5.11 Å². The van der Waals surface area contributed by atoms with E-state index in [1.165, 1.54) is 0 Å². The number of rotatable bonds is 12. The van der Waals surface area contributed by atoms with Crippen LogP contribution in [0.15, 0.2) is 5.11 Å². The summed E-state index contributed by atoms with van der Waals surface area (Å²) in [5, 5.41) is 3.60. The maximum Gasteiger partial charge on any atom is 0.305 e. The summed E-state index contributed by atoms with van der Waals surface area (Å²) in [7, 11) is 0. The van der Waals surface area contributed by atoms with E-state index in [9.17, 15) is 39.1 Å². The van der Waals surface area contributed by atoms with Gasteiger partial charge in [0.25, 0.3) is 0 Å². The number of esters is 7. The second-order valence-corrected chi connectivity index (χ2v) is 9.89. The summed E-state index contributed by atoms with van der Waals surface area (Å²) in [5.74, 6) is -6.11. The van der Waals surface area contributed by atoms with Crippen LogP contribution in [0.2, 0.25) is 0 Å². The van der Waals surface area contributed by atoms with E-state index in [0.717, 1.165) is 48.5 Å². The summed E-state index contributed by atoms with van der Waals surface area (Å²) in [6, 6.07) is -1.44. The summed E-state index contributed by atoms with van der Waals surface area (Å²) in [6.07, 6.45) is -14.6. The molecule has 2 heterocycles. The van der Waals surface area contributed by atoms with Crippen LogP contribution in [0, 0.1) is 0 Å². The molecule has 0 amide bonds. The van der Waals surface area contributed by atoms with Crippen molar-refractivity contribution in [3.8, 4) is 0 Å². The molecule has 23 heteroatoms. The van der Waals surface area contributed by atoms with E-state index in [2.05, 4.69) is 47.3 Å². The summed E-state index contributed by atoms with van der Waals surface area (Å²) in [6.45, 7) is 6.05. The minimum absolute atomic E-state index is 0. The molecule has 49 heavy (non-hydrogen) atoms. The lowest BCUT2D eigenvalue weighted by Crippen LogP contribution is -2.66. The largest absolute Gasteiger partial charge is 0.463 e. The number of carbonyl (C=O) groups excluding carboxylic acids is 7. The lowest BCUT2D eigenvalue weighted by atomic mass is 9.95. The van der Waals surface area contributed by atoms with E-state index >= 15 is 0 Å².